The van der Waals surface area contributed by atoms with Gasteiger partial charge in [0.2, 0.25) is 0 Å². The molecule has 0 saturated heterocycles. The Morgan fingerprint density at radius 1 is 1.61 bits per heavy atom. The highest BCUT2D eigenvalue weighted by molar-refractivity contribution is 5.74. The van der Waals surface area contributed by atoms with Crippen LogP contribution in [0.3, 0.4) is 0 Å². The molecule has 0 atom stereocenters. The normalized spacial score (nSPS) is 10.7. The SMILES string of the molecule is COC(=O)CNc1cc(COCC(F)F)n(C)n1. The van der Waals surface area contributed by atoms with Gasteiger partial charge in [0.25, 0.3) is 6.43 Å². The van der Waals surface area contributed by atoms with Crippen LogP contribution in [0.5, 0.6) is 0 Å². The van der Waals surface area contributed by atoms with Crippen molar-refractivity contribution < 1.29 is 23.0 Å². The minimum absolute atomic E-state index is 0.00908. The summed E-state index contributed by atoms with van der Waals surface area (Å²) in [4.78, 5) is 10.9. The quantitative estimate of drug-likeness (QED) is 0.737. The molecule has 0 saturated carbocycles. The van der Waals surface area contributed by atoms with Crippen LogP contribution >= 0.6 is 0 Å². The monoisotopic (exact) mass is 263 g/mol. The molecule has 0 amide bonds. The Labute approximate surface area is 103 Å². The van der Waals surface area contributed by atoms with Crippen molar-refractivity contribution in [1.82, 2.24) is 9.78 Å². The van der Waals surface area contributed by atoms with Crippen LogP contribution in [0, 0.1) is 0 Å². The Hall–Kier alpha value is -1.70. The molecule has 8 heteroatoms. The van der Waals surface area contributed by atoms with Crippen molar-refractivity contribution in [1.29, 1.82) is 0 Å². The molecule has 1 heterocycles. The van der Waals surface area contributed by atoms with Crippen LogP contribution in [0.15, 0.2) is 6.07 Å². The number of aromatic nitrogens is 2. The van der Waals surface area contributed by atoms with E-state index in [1.165, 1.54) is 11.8 Å². The number of carbonyl (C=O) groups excluding carboxylic acids is 1. The average molecular weight is 263 g/mol. The predicted molar refractivity (Wildman–Crippen MR) is 59.4 cm³/mol. The molecule has 0 fully saturated rings. The van der Waals surface area contributed by atoms with Crippen molar-refractivity contribution in [3.05, 3.63) is 11.8 Å². The van der Waals surface area contributed by atoms with E-state index in [0.29, 0.717) is 11.5 Å². The van der Waals surface area contributed by atoms with Crippen LogP contribution in [0.25, 0.3) is 0 Å². The molecule has 0 aliphatic carbocycles. The molecular weight excluding hydrogens is 248 g/mol. The molecule has 0 aliphatic heterocycles. The van der Waals surface area contributed by atoms with E-state index in [2.05, 4.69) is 15.2 Å². The third-order valence-corrected chi connectivity index (χ3v) is 2.11. The maximum atomic E-state index is 11.9. The third-order valence-electron chi connectivity index (χ3n) is 2.11. The summed E-state index contributed by atoms with van der Waals surface area (Å²) in [6.07, 6.45) is -2.49. The summed E-state index contributed by atoms with van der Waals surface area (Å²) in [5.41, 5.74) is 0.628. The first-order valence-corrected chi connectivity index (χ1v) is 5.22. The smallest absolute Gasteiger partial charge is 0.325 e. The van der Waals surface area contributed by atoms with E-state index in [9.17, 15) is 13.6 Å². The highest BCUT2D eigenvalue weighted by Gasteiger charge is 2.08. The topological polar surface area (TPSA) is 65.4 Å². The molecule has 0 spiro atoms. The van der Waals surface area contributed by atoms with E-state index in [-0.39, 0.29) is 13.2 Å². The Bertz CT molecular complexity index is 396. The van der Waals surface area contributed by atoms with Gasteiger partial charge in [-0.2, -0.15) is 5.10 Å². The van der Waals surface area contributed by atoms with Crippen LogP contribution in [0.1, 0.15) is 5.69 Å². The summed E-state index contributed by atoms with van der Waals surface area (Å²) >= 11 is 0. The van der Waals surface area contributed by atoms with E-state index in [1.807, 2.05) is 0 Å². The number of nitrogens with zero attached hydrogens (tertiary/aromatic N) is 2. The van der Waals surface area contributed by atoms with Gasteiger partial charge in [-0.1, -0.05) is 0 Å². The highest BCUT2D eigenvalue weighted by Crippen LogP contribution is 2.09. The first-order chi connectivity index (χ1) is 8.52. The molecule has 6 nitrogen and oxygen atoms in total. The Morgan fingerprint density at radius 2 is 2.33 bits per heavy atom. The van der Waals surface area contributed by atoms with Gasteiger partial charge < -0.3 is 14.8 Å². The summed E-state index contributed by atoms with van der Waals surface area (Å²) < 4.78 is 34.5. The van der Waals surface area contributed by atoms with E-state index < -0.39 is 19.0 Å². The minimum Gasteiger partial charge on any atom is -0.468 e. The van der Waals surface area contributed by atoms with Gasteiger partial charge in [0, 0.05) is 13.1 Å². The molecule has 1 aromatic heterocycles. The summed E-state index contributed by atoms with van der Waals surface area (Å²) in [5.74, 6) is 0.0368. The lowest BCUT2D eigenvalue weighted by atomic mass is 10.4. The van der Waals surface area contributed by atoms with Crippen molar-refractivity contribution in [2.75, 3.05) is 25.6 Å². The Balaban J connectivity index is 2.45. The summed E-state index contributed by atoms with van der Waals surface area (Å²) in [6.45, 7) is -0.589. The van der Waals surface area contributed by atoms with Crippen LogP contribution in [0.2, 0.25) is 0 Å². The van der Waals surface area contributed by atoms with Gasteiger partial charge >= 0.3 is 5.97 Å². The molecule has 1 N–H and O–H groups in total. The van der Waals surface area contributed by atoms with Crippen molar-refractivity contribution in [3.8, 4) is 0 Å². The fraction of sp³-hybridized carbons (Fsp3) is 0.600. The molecule has 102 valence electrons. The third kappa shape index (κ3) is 4.66. The largest absolute Gasteiger partial charge is 0.468 e. The van der Waals surface area contributed by atoms with E-state index in [1.54, 1.807) is 13.1 Å². The number of alkyl halides is 2. The molecule has 0 bridgehead atoms. The number of methoxy groups -OCH3 is 1. The summed E-state index contributed by atoms with van der Waals surface area (Å²) in [7, 11) is 2.94. The minimum atomic E-state index is -2.49. The zero-order valence-electron chi connectivity index (χ0n) is 10.2. The number of ether oxygens (including phenoxy) is 2. The molecule has 0 aliphatic rings. The number of nitrogens with one attached hydrogen (secondary N) is 1. The lowest BCUT2D eigenvalue weighted by Crippen LogP contribution is -2.15. The zero-order valence-corrected chi connectivity index (χ0v) is 10.2. The Morgan fingerprint density at radius 3 is 2.94 bits per heavy atom. The number of carbonyl (C=O) groups is 1. The van der Waals surface area contributed by atoms with E-state index in [4.69, 9.17) is 4.74 Å². The van der Waals surface area contributed by atoms with E-state index in [0.717, 1.165) is 0 Å². The Kier molecular flexibility index (Phi) is 5.50. The van der Waals surface area contributed by atoms with Gasteiger partial charge in [0.15, 0.2) is 0 Å². The summed E-state index contributed by atoms with van der Waals surface area (Å²) in [6, 6.07) is 1.62. The number of esters is 1. The molecular formula is C10H15F2N3O3. The number of anilines is 1. The maximum absolute atomic E-state index is 11.9. The number of aryl methyl sites for hydroxylation is 1. The first kappa shape index (κ1) is 14.4. The first-order valence-electron chi connectivity index (χ1n) is 5.22. The zero-order chi connectivity index (χ0) is 13.5. The van der Waals surface area contributed by atoms with Crippen molar-refractivity contribution in [2.45, 2.75) is 13.0 Å². The van der Waals surface area contributed by atoms with Crippen LogP contribution in [-0.4, -0.2) is 42.4 Å². The second-order valence-corrected chi connectivity index (χ2v) is 3.48. The molecule has 0 aromatic carbocycles. The van der Waals surface area contributed by atoms with Gasteiger partial charge in [0.1, 0.15) is 19.0 Å². The number of halogens is 2. The molecule has 1 aromatic rings. The lowest BCUT2D eigenvalue weighted by Gasteiger charge is -2.02. The second kappa shape index (κ2) is 6.90. The van der Waals surface area contributed by atoms with Gasteiger partial charge in [-0.25, -0.2) is 8.78 Å². The fourth-order valence-electron chi connectivity index (χ4n) is 1.21. The standard InChI is InChI=1S/C10H15F2N3O3/c1-15-7(5-18-6-8(11)12)3-9(14-15)13-4-10(16)17-2/h3,8H,4-6H2,1-2H3,(H,13,14). The van der Waals surface area contributed by atoms with Gasteiger partial charge in [-0.15, -0.1) is 0 Å². The molecule has 0 radical (unpaired) electrons. The van der Waals surface area contributed by atoms with E-state index >= 15 is 0 Å². The number of rotatable bonds is 7. The predicted octanol–water partition coefficient (Wildman–Crippen LogP) is 0.787. The van der Waals surface area contributed by atoms with Crippen LogP contribution in [0.4, 0.5) is 14.6 Å². The fourth-order valence-corrected chi connectivity index (χ4v) is 1.21. The van der Waals surface area contributed by atoms with Crippen molar-refractivity contribution >= 4 is 11.8 Å². The second-order valence-electron chi connectivity index (χ2n) is 3.48. The van der Waals surface area contributed by atoms with Crippen molar-refractivity contribution in [2.24, 2.45) is 7.05 Å². The van der Waals surface area contributed by atoms with Crippen molar-refractivity contribution in [3.63, 3.8) is 0 Å². The maximum Gasteiger partial charge on any atom is 0.325 e. The van der Waals surface area contributed by atoms with Crippen LogP contribution in [-0.2, 0) is 27.9 Å². The molecule has 0 unspecified atom stereocenters. The lowest BCUT2D eigenvalue weighted by molar-refractivity contribution is -0.138. The van der Waals surface area contributed by atoms with Gasteiger partial charge in [-0.3, -0.25) is 9.48 Å². The average Bonchev–Trinajstić information content (AvgIpc) is 2.67. The number of hydrogen-bond donors (Lipinski definition) is 1. The molecule has 1 rings (SSSR count). The molecule has 18 heavy (non-hydrogen) atoms. The van der Waals surface area contributed by atoms with Gasteiger partial charge in [0.05, 0.1) is 19.4 Å². The number of hydrogen-bond acceptors (Lipinski definition) is 5. The van der Waals surface area contributed by atoms with Crippen LogP contribution < -0.4 is 5.32 Å². The highest BCUT2D eigenvalue weighted by atomic mass is 19.3. The summed E-state index contributed by atoms with van der Waals surface area (Å²) in [5, 5.41) is 6.79. The van der Waals surface area contributed by atoms with Gasteiger partial charge in [-0.05, 0) is 0 Å².